The molecule has 94 valence electrons. The zero-order valence-corrected chi connectivity index (χ0v) is 11.1. The van der Waals surface area contributed by atoms with Crippen molar-refractivity contribution in [2.45, 2.75) is 11.8 Å². The Kier molecular flexibility index (Phi) is 4.71. The lowest BCUT2D eigenvalue weighted by atomic mass is 10.2. The lowest BCUT2D eigenvalue weighted by Crippen LogP contribution is -2.37. The Hall–Kier alpha value is -0.710. The van der Waals surface area contributed by atoms with Crippen LogP contribution in [-0.4, -0.2) is 43.5 Å². The smallest absolute Gasteiger partial charge is 0.0594 e. The summed E-state index contributed by atoms with van der Waals surface area (Å²) in [7, 11) is 0. The SMILES string of the molecule is Cc1ccc(N)c(SCCN2CCOCC2)c1. The van der Waals surface area contributed by atoms with Crippen molar-refractivity contribution in [1.82, 2.24) is 4.90 Å². The lowest BCUT2D eigenvalue weighted by molar-refractivity contribution is 0.0410. The number of thioether (sulfide) groups is 1. The van der Waals surface area contributed by atoms with Gasteiger partial charge in [-0.25, -0.2) is 0 Å². The number of morpholine rings is 1. The van der Waals surface area contributed by atoms with Gasteiger partial charge in [-0.1, -0.05) is 6.07 Å². The quantitative estimate of drug-likeness (QED) is 0.657. The van der Waals surface area contributed by atoms with E-state index in [1.165, 1.54) is 10.5 Å². The summed E-state index contributed by atoms with van der Waals surface area (Å²) >= 11 is 1.85. The molecule has 0 bridgehead atoms. The topological polar surface area (TPSA) is 38.5 Å². The highest BCUT2D eigenvalue weighted by Crippen LogP contribution is 2.25. The Morgan fingerprint density at radius 1 is 1.35 bits per heavy atom. The molecule has 1 aliphatic heterocycles. The normalized spacial score (nSPS) is 17.2. The number of nitrogens with zero attached hydrogens (tertiary/aromatic N) is 1. The van der Waals surface area contributed by atoms with Crippen LogP contribution in [-0.2, 0) is 4.74 Å². The summed E-state index contributed by atoms with van der Waals surface area (Å²) in [4.78, 5) is 3.65. The third kappa shape index (κ3) is 3.91. The maximum Gasteiger partial charge on any atom is 0.0594 e. The predicted octanol–water partition coefficient (Wildman–Crippen LogP) is 2.00. The van der Waals surface area contributed by atoms with Crippen molar-refractivity contribution in [2.75, 3.05) is 44.3 Å². The predicted molar refractivity (Wildman–Crippen MR) is 73.6 cm³/mol. The van der Waals surface area contributed by atoms with E-state index in [4.69, 9.17) is 10.5 Å². The highest BCUT2D eigenvalue weighted by Gasteiger charge is 2.10. The summed E-state index contributed by atoms with van der Waals surface area (Å²) in [6.45, 7) is 7.08. The van der Waals surface area contributed by atoms with Gasteiger partial charge in [0.1, 0.15) is 0 Å². The molecule has 0 atom stereocenters. The third-order valence-electron chi connectivity index (χ3n) is 2.94. The van der Waals surface area contributed by atoms with E-state index in [2.05, 4.69) is 24.0 Å². The zero-order valence-electron chi connectivity index (χ0n) is 10.3. The van der Waals surface area contributed by atoms with Crippen molar-refractivity contribution in [2.24, 2.45) is 0 Å². The number of anilines is 1. The summed E-state index contributed by atoms with van der Waals surface area (Å²) in [5, 5.41) is 0. The summed E-state index contributed by atoms with van der Waals surface area (Å²) in [6.07, 6.45) is 0. The molecule has 1 saturated heterocycles. The molecule has 2 rings (SSSR count). The maximum atomic E-state index is 5.95. The molecule has 1 aromatic carbocycles. The molecular formula is C13H20N2OS. The molecule has 1 aliphatic rings. The van der Waals surface area contributed by atoms with Gasteiger partial charge in [0.05, 0.1) is 13.2 Å². The fourth-order valence-electron chi connectivity index (χ4n) is 1.88. The van der Waals surface area contributed by atoms with E-state index in [1.807, 2.05) is 17.8 Å². The summed E-state index contributed by atoms with van der Waals surface area (Å²) in [5.41, 5.74) is 8.12. The van der Waals surface area contributed by atoms with Crippen LogP contribution >= 0.6 is 11.8 Å². The van der Waals surface area contributed by atoms with E-state index in [0.717, 1.165) is 44.3 Å². The van der Waals surface area contributed by atoms with Crippen LogP contribution in [0.1, 0.15) is 5.56 Å². The first-order valence-corrected chi connectivity index (χ1v) is 7.03. The molecule has 1 heterocycles. The molecule has 2 N–H and O–H groups in total. The maximum absolute atomic E-state index is 5.95. The lowest BCUT2D eigenvalue weighted by Gasteiger charge is -2.26. The fourth-order valence-corrected chi connectivity index (χ4v) is 2.95. The molecule has 0 saturated carbocycles. The van der Waals surface area contributed by atoms with Gasteiger partial charge in [-0.15, -0.1) is 11.8 Å². The van der Waals surface area contributed by atoms with Gasteiger partial charge in [-0.2, -0.15) is 0 Å². The fraction of sp³-hybridized carbons (Fsp3) is 0.538. The molecule has 0 aromatic heterocycles. The minimum atomic E-state index is 0.872. The van der Waals surface area contributed by atoms with Crippen molar-refractivity contribution in [3.8, 4) is 0 Å². The molecule has 0 amide bonds. The minimum absolute atomic E-state index is 0.872. The molecule has 0 radical (unpaired) electrons. The van der Waals surface area contributed by atoms with Gasteiger partial charge in [0, 0.05) is 36.0 Å². The standard InChI is InChI=1S/C13H20N2OS/c1-11-2-3-12(14)13(10-11)17-9-6-15-4-7-16-8-5-15/h2-3,10H,4-9,14H2,1H3. The Bertz CT molecular complexity index is 364. The zero-order chi connectivity index (χ0) is 12.1. The molecule has 0 spiro atoms. The Labute approximate surface area is 107 Å². The van der Waals surface area contributed by atoms with E-state index >= 15 is 0 Å². The van der Waals surface area contributed by atoms with Crippen molar-refractivity contribution in [1.29, 1.82) is 0 Å². The number of nitrogens with two attached hydrogens (primary N) is 1. The first-order valence-electron chi connectivity index (χ1n) is 6.05. The van der Waals surface area contributed by atoms with E-state index in [9.17, 15) is 0 Å². The van der Waals surface area contributed by atoms with Crippen LogP contribution in [0.15, 0.2) is 23.1 Å². The van der Waals surface area contributed by atoms with Gasteiger partial charge in [0.15, 0.2) is 0 Å². The number of nitrogen functional groups attached to an aromatic ring is 1. The second kappa shape index (κ2) is 6.28. The van der Waals surface area contributed by atoms with Crippen molar-refractivity contribution in [3.05, 3.63) is 23.8 Å². The number of hydrogen-bond acceptors (Lipinski definition) is 4. The second-order valence-electron chi connectivity index (χ2n) is 4.34. The Morgan fingerprint density at radius 3 is 2.88 bits per heavy atom. The average molecular weight is 252 g/mol. The van der Waals surface area contributed by atoms with Gasteiger partial charge < -0.3 is 10.5 Å². The summed E-state index contributed by atoms with van der Waals surface area (Å²) < 4.78 is 5.33. The number of rotatable bonds is 4. The average Bonchev–Trinajstić information content (AvgIpc) is 2.35. The number of hydrogen-bond donors (Lipinski definition) is 1. The molecule has 17 heavy (non-hydrogen) atoms. The van der Waals surface area contributed by atoms with Crippen LogP contribution < -0.4 is 5.73 Å². The largest absolute Gasteiger partial charge is 0.398 e. The van der Waals surface area contributed by atoms with Crippen LogP contribution in [0.3, 0.4) is 0 Å². The number of aryl methyl sites for hydroxylation is 1. The van der Waals surface area contributed by atoms with E-state index < -0.39 is 0 Å². The van der Waals surface area contributed by atoms with Gasteiger partial charge in [0.25, 0.3) is 0 Å². The van der Waals surface area contributed by atoms with Crippen LogP contribution in [0.4, 0.5) is 5.69 Å². The van der Waals surface area contributed by atoms with Crippen LogP contribution in [0, 0.1) is 6.92 Å². The van der Waals surface area contributed by atoms with Crippen LogP contribution in [0.25, 0.3) is 0 Å². The van der Waals surface area contributed by atoms with E-state index in [0.29, 0.717) is 0 Å². The molecule has 4 heteroatoms. The molecule has 3 nitrogen and oxygen atoms in total. The van der Waals surface area contributed by atoms with Crippen LogP contribution in [0.5, 0.6) is 0 Å². The molecular weight excluding hydrogens is 232 g/mol. The first kappa shape index (κ1) is 12.7. The molecule has 0 aliphatic carbocycles. The number of ether oxygens (including phenoxy) is 1. The minimum Gasteiger partial charge on any atom is -0.398 e. The first-order chi connectivity index (χ1) is 8.25. The number of benzene rings is 1. The van der Waals surface area contributed by atoms with Gasteiger partial charge in [-0.3, -0.25) is 4.90 Å². The summed E-state index contributed by atoms with van der Waals surface area (Å²) in [6, 6.07) is 6.22. The highest BCUT2D eigenvalue weighted by atomic mass is 32.2. The molecule has 1 aromatic rings. The van der Waals surface area contributed by atoms with Gasteiger partial charge in [-0.05, 0) is 24.6 Å². The molecule has 1 fully saturated rings. The van der Waals surface area contributed by atoms with Crippen LogP contribution in [0.2, 0.25) is 0 Å². The van der Waals surface area contributed by atoms with Crippen molar-refractivity contribution in [3.63, 3.8) is 0 Å². The van der Waals surface area contributed by atoms with Gasteiger partial charge >= 0.3 is 0 Å². The van der Waals surface area contributed by atoms with E-state index in [-0.39, 0.29) is 0 Å². The second-order valence-corrected chi connectivity index (χ2v) is 5.48. The monoisotopic (exact) mass is 252 g/mol. The third-order valence-corrected chi connectivity index (χ3v) is 3.99. The Morgan fingerprint density at radius 2 is 2.12 bits per heavy atom. The van der Waals surface area contributed by atoms with E-state index in [1.54, 1.807) is 0 Å². The Balaban J connectivity index is 1.79. The summed E-state index contributed by atoms with van der Waals surface area (Å²) in [5.74, 6) is 1.09. The van der Waals surface area contributed by atoms with Crippen molar-refractivity contribution >= 4 is 17.4 Å². The van der Waals surface area contributed by atoms with Gasteiger partial charge in [0.2, 0.25) is 0 Å². The highest BCUT2D eigenvalue weighted by molar-refractivity contribution is 7.99. The van der Waals surface area contributed by atoms with Crippen molar-refractivity contribution < 1.29 is 4.74 Å². The molecule has 0 unspecified atom stereocenters.